The Morgan fingerprint density at radius 3 is 3.13 bits per heavy atom. The molecule has 1 aliphatic heterocycles. The number of nitrogens with zero attached hydrogens (tertiary/aromatic N) is 3. The molecule has 1 fully saturated rings. The first-order valence-corrected chi connectivity index (χ1v) is 8.56. The Morgan fingerprint density at radius 2 is 2.26 bits per heavy atom. The van der Waals surface area contributed by atoms with Gasteiger partial charge in [-0.25, -0.2) is 0 Å². The van der Waals surface area contributed by atoms with Gasteiger partial charge in [-0.05, 0) is 50.5 Å². The minimum absolute atomic E-state index is 0.0474. The number of fused-ring (bicyclic) bond motifs is 1. The lowest BCUT2D eigenvalue weighted by atomic mass is 9.92. The molecular formula is C17H22N4O2. The molecule has 1 N–H and O–H groups in total. The molecule has 6 heteroatoms. The lowest BCUT2D eigenvalue weighted by molar-refractivity contribution is 0.0661. The number of H-pyrrole nitrogens is 1. The van der Waals surface area contributed by atoms with Gasteiger partial charge in [0, 0.05) is 37.0 Å². The van der Waals surface area contributed by atoms with Gasteiger partial charge in [-0.3, -0.25) is 9.89 Å². The van der Waals surface area contributed by atoms with Crippen LogP contribution in [0.3, 0.4) is 0 Å². The topological polar surface area (TPSA) is 75.0 Å². The molecule has 0 aromatic carbocycles. The van der Waals surface area contributed by atoms with Crippen LogP contribution in [0.4, 0.5) is 0 Å². The van der Waals surface area contributed by atoms with Gasteiger partial charge in [0.2, 0.25) is 0 Å². The highest BCUT2D eigenvalue weighted by Gasteiger charge is 2.30. The van der Waals surface area contributed by atoms with Crippen LogP contribution in [0.2, 0.25) is 0 Å². The van der Waals surface area contributed by atoms with Crippen LogP contribution < -0.4 is 0 Å². The van der Waals surface area contributed by atoms with Crippen LogP contribution in [0, 0.1) is 5.92 Å². The number of piperidine rings is 1. The summed E-state index contributed by atoms with van der Waals surface area (Å²) in [5.74, 6) is 1.45. The van der Waals surface area contributed by atoms with E-state index in [1.807, 2.05) is 11.0 Å². The summed E-state index contributed by atoms with van der Waals surface area (Å²) in [4.78, 5) is 14.8. The number of amides is 1. The second kappa shape index (κ2) is 6.18. The van der Waals surface area contributed by atoms with Gasteiger partial charge >= 0.3 is 0 Å². The van der Waals surface area contributed by atoms with Crippen LogP contribution in [0.5, 0.6) is 0 Å². The minimum Gasteiger partial charge on any atom is -0.360 e. The zero-order valence-corrected chi connectivity index (χ0v) is 13.3. The van der Waals surface area contributed by atoms with Crippen LogP contribution in [0.15, 0.2) is 16.8 Å². The summed E-state index contributed by atoms with van der Waals surface area (Å²) < 4.78 is 5.40. The summed E-state index contributed by atoms with van der Waals surface area (Å²) in [6.07, 6.45) is 9.01. The number of aryl methyl sites for hydroxylation is 1. The lowest BCUT2D eigenvalue weighted by Crippen LogP contribution is -2.41. The van der Waals surface area contributed by atoms with Gasteiger partial charge in [0.05, 0.1) is 0 Å². The fourth-order valence-corrected chi connectivity index (χ4v) is 3.83. The normalized spacial score (nSPS) is 21.2. The van der Waals surface area contributed by atoms with Crippen LogP contribution in [0.1, 0.15) is 53.2 Å². The highest BCUT2D eigenvalue weighted by atomic mass is 16.5. The summed E-state index contributed by atoms with van der Waals surface area (Å²) in [5, 5.41) is 11.1. The van der Waals surface area contributed by atoms with E-state index in [0.717, 1.165) is 75.1 Å². The Kier molecular flexibility index (Phi) is 3.89. The van der Waals surface area contributed by atoms with Crippen molar-refractivity contribution in [3.63, 3.8) is 0 Å². The maximum atomic E-state index is 12.9. The molecule has 23 heavy (non-hydrogen) atoms. The molecule has 122 valence electrons. The second-order valence-electron chi connectivity index (χ2n) is 6.69. The quantitative estimate of drug-likeness (QED) is 0.944. The molecule has 2 aliphatic rings. The molecule has 4 rings (SSSR count). The first-order chi connectivity index (χ1) is 11.3. The molecule has 2 aromatic rings. The van der Waals surface area contributed by atoms with Crippen molar-refractivity contribution in [1.82, 2.24) is 20.3 Å². The number of hydrogen-bond acceptors (Lipinski definition) is 4. The number of carbonyl (C=O) groups excluding carboxylic acids is 1. The second-order valence-corrected chi connectivity index (χ2v) is 6.69. The Morgan fingerprint density at radius 1 is 1.35 bits per heavy atom. The van der Waals surface area contributed by atoms with Gasteiger partial charge < -0.3 is 9.42 Å². The number of nitrogens with one attached hydrogen (secondary N) is 1. The average Bonchev–Trinajstić information content (AvgIpc) is 3.24. The number of carbonyl (C=O) groups is 1. The van der Waals surface area contributed by atoms with Crippen molar-refractivity contribution in [2.24, 2.45) is 5.92 Å². The maximum Gasteiger partial charge on any atom is 0.276 e. The van der Waals surface area contributed by atoms with E-state index in [2.05, 4.69) is 15.4 Å². The third kappa shape index (κ3) is 2.90. The number of aromatic amines is 1. The fraction of sp³-hybridized carbons (Fsp3) is 0.588. The zero-order chi connectivity index (χ0) is 15.6. The van der Waals surface area contributed by atoms with Gasteiger partial charge in [-0.1, -0.05) is 5.16 Å². The third-order valence-corrected chi connectivity index (χ3v) is 5.03. The van der Waals surface area contributed by atoms with Gasteiger partial charge in [0.15, 0.2) is 5.69 Å². The Labute approximate surface area is 135 Å². The van der Waals surface area contributed by atoms with Crippen molar-refractivity contribution in [2.75, 3.05) is 13.1 Å². The molecule has 6 nitrogen and oxygen atoms in total. The predicted molar refractivity (Wildman–Crippen MR) is 84.1 cm³/mol. The molecule has 1 saturated heterocycles. The van der Waals surface area contributed by atoms with E-state index in [4.69, 9.17) is 4.52 Å². The van der Waals surface area contributed by atoms with Crippen molar-refractivity contribution < 1.29 is 9.32 Å². The van der Waals surface area contributed by atoms with E-state index in [1.54, 1.807) is 6.20 Å². The molecule has 3 heterocycles. The van der Waals surface area contributed by atoms with Gasteiger partial charge in [0.1, 0.15) is 5.76 Å². The predicted octanol–water partition coefficient (Wildman–Crippen LogP) is 2.37. The maximum absolute atomic E-state index is 12.9. The smallest absolute Gasteiger partial charge is 0.276 e. The molecular weight excluding hydrogens is 292 g/mol. The molecule has 1 aliphatic carbocycles. The zero-order valence-electron chi connectivity index (χ0n) is 13.3. The number of rotatable bonds is 3. The molecule has 1 unspecified atom stereocenters. The van der Waals surface area contributed by atoms with Crippen molar-refractivity contribution in [3.8, 4) is 0 Å². The van der Waals surface area contributed by atoms with Crippen molar-refractivity contribution in [1.29, 1.82) is 0 Å². The Hall–Kier alpha value is -2.11. The number of aromatic nitrogens is 3. The molecule has 1 atom stereocenters. The first kappa shape index (κ1) is 14.5. The molecule has 2 aromatic heterocycles. The van der Waals surface area contributed by atoms with Crippen LogP contribution >= 0.6 is 0 Å². The monoisotopic (exact) mass is 314 g/mol. The number of hydrogen-bond donors (Lipinski definition) is 1. The highest BCUT2D eigenvalue weighted by molar-refractivity contribution is 5.94. The third-order valence-electron chi connectivity index (χ3n) is 5.03. The van der Waals surface area contributed by atoms with E-state index >= 15 is 0 Å². The van der Waals surface area contributed by atoms with E-state index in [9.17, 15) is 4.79 Å². The van der Waals surface area contributed by atoms with Crippen molar-refractivity contribution in [3.05, 3.63) is 35.0 Å². The van der Waals surface area contributed by atoms with E-state index in [-0.39, 0.29) is 5.91 Å². The van der Waals surface area contributed by atoms with Gasteiger partial charge in [-0.2, -0.15) is 5.10 Å². The Balaban J connectivity index is 1.46. The van der Waals surface area contributed by atoms with E-state index in [1.165, 1.54) is 0 Å². The lowest BCUT2D eigenvalue weighted by Gasteiger charge is -2.32. The van der Waals surface area contributed by atoms with Crippen molar-refractivity contribution >= 4 is 5.91 Å². The average molecular weight is 314 g/mol. The fourth-order valence-electron chi connectivity index (χ4n) is 3.83. The SMILES string of the molecule is O=C(c1noc2c1CCCC2)N1CCCC(Cc2ccn[nH]2)C1. The van der Waals surface area contributed by atoms with Crippen LogP contribution in [0.25, 0.3) is 0 Å². The molecule has 1 amide bonds. The summed E-state index contributed by atoms with van der Waals surface area (Å²) in [6, 6.07) is 2.01. The van der Waals surface area contributed by atoms with E-state index < -0.39 is 0 Å². The van der Waals surface area contributed by atoms with Gasteiger partial charge in [0.25, 0.3) is 5.91 Å². The summed E-state index contributed by atoms with van der Waals surface area (Å²) in [5.41, 5.74) is 2.75. The van der Waals surface area contributed by atoms with Gasteiger partial charge in [-0.15, -0.1) is 0 Å². The summed E-state index contributed by atoms with van der Waals surface area (Å²) in [6.45, 7) is 1.61. The van der Waals surface area contributed by atoms with Crippen LogP contribution in [-0.2, 0) is 19.3 Å². The molecule has 0 saturated carbocycles. The first-order valence-electron chi connectivity index (χ1n) is 8.56. The standard InChI is InChI=1S/C17H22N4O2/c22-17(16-14-5-1-2-6-15(14)23-20-16)21-9-3-4-12(11-21)10-13-7-8-18-19-13/h7-8,12H,1-6,9-11H2,(H,18,19). The largest absolute Gasteiger partial charge is 0.360 e. The van der Waals surface area contributed by atoms with Crippen LogP contribution in [-0.4, -0.2) is 39.3 Å². The Bertz CT molecular complexity index is 677. The molecule has 0 spiro atoms. The van der Waals surface area contributed by atoms with Crippen molar-refractivity contribution in [2.45, 2.75) is 44.9 Å². The highest BCUT2D eigenvalue weighted by Crippen LogP contribution is 2.27. The summed E-state index contributed by atoms with van der Waals surface area (Å²) in [7, 11) is 0. The molecule has 0 bridgehead atoms. The van der Waals surface area contributed by atoms with E-state index in [0.29, 0.717) is 11.6 Å². The molecule has 0 radical (unpaired) electrons. The summed E-state index contributed by atoms with van der Waals surface area (Å²) >= 11 is 0. The minimum atomic E-state index is 0.0474. The number of likely N-dealkylation sites (tertiary alicyclic amines) is 1.